The molecular formula is C17H18N2O2S. The minimum absolute atomic E-state index is 0.257. The van der Waals surface area contributed by atoms with Crippen molar-refractivity contribution in [3.8, 4) is 0 Å². The van der Waals surface area contributed by atoms with E-state index in [1.165, 1.54) is 18.4 Å². The van der Waals surface area contributed by atoms with Crippen molar-refractivity contribution in [1.29, 1.82) is 0 Å². The van der Waals surface area contributed by atoms with Crippen LogP contribution in [0.15, 0.2) is 50.3 Å². The molecule has 0 bridgehead atoms. The normalized spacial score (nSPS) is 19.2. The maximum Gasteiger partial charge on any atom is 0.419 e. The molecule has 1 fully saturated rings. The zero-order valence-electron chi connectivity index (χ0n) is 12.3. The van der Waals surface area contributed by atoms with Crippen LogP contribution in [0.1, 0.15) is 24.4 Å². The smallest absolute Gasteiger partial charge is 0.408 e. The summed E-state index contributed by atoms with van der Waals surface area (Å²) in [5, 5.41) is 4.38. The first-order chi connectivity index (χ1) is 10.8. The van der Waals surface area contributed by atoms with E-state index in [-0.39, 0.29) is 5.76 Å². The molecule has 1 aromatic carbocycles. The summed E-state index contributed by atoms with van der Waals surface area (Å²) in [6.07, 6.45) is 2.43. The molecule has 114 valence electrons. The van der Waals surface area contributed by atoms with Crippen molar-refractivity contribution >= 4 is 22.4 Å². The molecule has 0 N–H and O–H groups in total. The fourth-order valence-corrected chi connectivity index (χ4v) is 4.10. The first-order valence-electron chi connectivity index (χ1n) is 7.67. The van der Waals surface area contributed by atoms with Crippen LogP contribution in [-0.2, 0) is 6.54 Å². The average molecular weight is 314 g/mol. The third kappa shape index (κ3) is 2.40. The number of oxazole rings is 1. The Morgan fingerprint density at radius 1 is 1.23 bits per heavy atom. The SMILES string of the molecule is O=c1oc2ccccc2n1CCN1CCCC1c1ccsc1. The molecule has 1 unspecified atom stereocenters. The van der Waals surface area contributed by atoms with Gasteiger partial charge in [-0.2, -0.15) is 11.3 Å². The van der Waals surface area contributed by atoms with Gasteiger partial charge in [0.25, 0.3) is 0 Å². The second-order valence-electron chi connectivity index (χ2n) is 5.74. The average Bonchev–Trinajstić information content (AvgIpc) is 3.24. The molecule has 4 nitrogen and oxygen atoms in total. The third-order valence-corrected chi connectivity index (χ3v) is 5.18. The molecule has 0 radical (unpaired) electrons. The van der Waals surface area contributed by atoms with Gasteiger partial charge < -0.3 is 4.42 Å². The van der Waals surface area contributed by atoms with Crippen molar-refractivity contribution in [3.05, 3.63) is 57.2 Å². The number of rotatable bonds is 4. The fourth-order valence-electron chi connectivity index (χ4n) is 3.39. The molecule has 0 aliphatic carbocycles. The van der Waals surface area contributed by atoms with Crippen LogP contribution in [0.5, 0.6) is 0 Å². The zero-order chi connectivity index (χ0) is 14.9. The van der Waals surface area contributed by atoms with Crippen LogP contribution < -0.4 is 5.76 Å². The second-order valence-corrected chi connectivity index (χ2v) is 6.52. The van der Waals surface area contributed by atoms with Gasteiger partial charge in [0.05, 0.1) is 5.52 Å². The van der Waals surface area contributed by atoms with Gasteiger partial charge in [-0.05, 0) is 53.9 Å². The molecule has 0 saturated carbocycles. The summed E-state index contributed by atoms with van der Waals surface area (Å²) in [5.41, 5.74) is 2.97. The highest BCUT2D eigenvalue weighted by atomic mass is 32.1. The van der Waals surface area contributed by atoms with Crippen LogP contribution >= 0.6 is 11.3 Å². The van der Waals surface area contributed by atoms with Crippen LogP contribution in [0, 0.1) is 0 Å². The number of para-hydroxylation sites is 2. The van der Waals surface area contributed by atoms with Crippen LogP contribution in [0.4, 0.5) is 0 Å². The number of aromatic nitrogens is 1. The Bertz CT molecular complexity index is 819. The topological polar surface area (TPSA) is 38.4 Å². The molecular weight excluding hydrogens is 296 g/mol. The molecule has 5 heteroatoms. The summed E-state index contributed by atoms with van der Waals surface area (Å²) in [5.74, 6) is -0.257. The quantitative estimate of drug-likeness (QED) is 0.740. The van der Waals surface area contributed by atoms with Gasteiger partial charge in [0.1, 0.15) is 0 Å². The first kappa shape index (κ1) is 13.8. The van der Waals surface area contributed by atoms with Crippen LogP contribution in [-0.4, -0.2) is 22.6 Å². The summed E-state index contributed by atoms with van der Waals surface area (Å²) in [7, 11) is 0. The molecule has 0 spiro atoms. The molecule has 2 aromatic heterocycles. The number of hydrogen-bond acceptors (Lipinski definition) is 4. The van der Waals surface area contributed by atoms with E-state index in [9.17, 15) is 4.79 Å². The van der Waals surface area contributed by atoms with Crippen molar-refractivity contribution in [2.45, 2.75) is 25.4 Å². The number of hydrogen-bond donors (Lipinski definition) is 0. The summed E-state index contributed by atoms with van der Waals surface area (Å²) >= 11 is 1.75. The molecule has 3 aromatic rings. The Labute approximate surface area is 132 Å². The van der Waals surface area contributed by atoms with E-state index in [1.54, 1.807) is 15.9 Å². The monoisotopic (exact) mass is 314 g/mol. The van der Waals surface area contributed by atoms with E-state index in [2.05, 4.69) is 21.7 Å². The highest BCUT2D eigenvalue weighted by Crippen LogP contribution is 2.32. The lowest BCUT2D eigenvalue weighted by atomic mass is 10.1. The lowest BCUT2D eigenvalue weighted by Crippen LogP contribution is -2.29. The Morgan fingerprint density at radius 2 is 2.14 bits per heavy atom. The minimum Gasteiger partial charge on any atom is -0.408 e. The van der Waals surface area contributed by atoms with E-state index in [0.717, 1.165) is 18.6 Å². The van der Waals surface area contributed by atoms with Gasteiger partial charge in [-0.25, -0.2) is 4.79 Å². The summed E-state index contributed by atoms with van der Waals surface area (Å²) in [6.45, 7) is 2.66. The van der Waals surface area contributed by atoms with Crippen molar-refractivity contribution in [2.75, 3.05) is 13.1 Å². The molecule has 4 rings (SSSR count). The highest BCUT2D eigenvalue weighted by Gasteiger charge is 2.26. The third-order valence-electron chi connectivity index (χ3n) is 4.48. The number of nitrogens with zero attached hydrogens (tertiary/aromatic N) is 2. The second kappa shape index (κ2) is 5.74. The molecule has 0 amide bonds. The minimum atomic E-state index is -0.257. The van der Waals surface area contributed by atoms with Crippen LogP contribution in [0.3, 0.4) is 0 Å². The van der Waals surface area contributed by atoms with E-state index in [4.69, 9.17) is 4.42 Å². The van der Waals surface area contributed by atoms with E-state index >= 15 is 0 Å². The summed E-state index contributed by atoms with van der Waals surface area (Å²) < 4.78 is 7.05. The van der Waals surface area contributed by atoms with E-state index in [1.807, 2.05) is 24.3 Å². The highest BCUT2D eigenvalue weighted by molar-refractivity contribution is 7.07. The van der Waals surface area contributed by atoms with Crippen molar-refractivity contribution in [1.82, 2.24) is 9.47 Å². The van der Waals surface area contributed by atoms with Gasteiger partial charge in [0.15, 0.2) is 5.58 Å². The molecule has 1 saturated heterocycles. The van der Waals surface area contributed by atoms with Crippen molar-refractivity contribution in [3.63, 3.8) is 0 Å². The number of fused-ring (bicyclic) bond motifs is 1. The summed E-state index contributed by atoms with van der Waals surface area (Å²) in [4.78, 5) is 14.5. The largest absolute Gasteiger partial charge is 0.419 e. The Hall–Kier alpha value is -1.85. The first-order valence-corrected chi connectivity index (χ1v) is 8.62. The van der Waals surface area contributed by atoms with Gasteiger partial charge >= 0.3 is 5.76 Å². The van der Waals surface area contributed by atoms with Crippen molar-refractivity contribution in [2.24, 2.45) is 0 Å². The summed E-state index contributed by atoms with van der Waals surface area (Å²) in [6, 6.07) is 10.3. The van der Waals surface area contributed by atoms with E-state index < -0.39 is 0 Å². The Morgan fingerprint density at radius 3 is 3.00 bits per heavy atom. The van der Waals surface area contributed by atoms with Gasteiger partial charge in [0.2, 0.25) is 0 Å². The maximum absolute atomic E-state index is 12.0. The Kier molecular flexibility index (Phi) is 3.60. The molecule has 3 heterocycles. The predicted octanol–water partition coefficient (Wildman–Crippen LogP) is 3.49. The number of thiophene rings is 1. The van der Waals surface area contributed by atoms with Gasteiger partial charge in [0, 0.05) is 19.1 Å². The lowest BCUT2D eigenvalue weighted by Gasteiger charge is -2.23. The fraction of sp³-hybridized carbons (Fsp3) is 0.353. The van der Waals surface area contributed by atoms with Gasteiger partial charge in [-0.3, -0.25) is 9.47 Å². The van der Waals surface area contributed by atoms with Gasteiger partial charge in [-0.1, -0.05) is 12.1 Å². The lowest BCUT2D eigenvalue weighted by molar-refractivity contribution is 0.245. The predicted molar refractivity (Wildman–Crippen MR) is 88.3 cm³/mol. The zero-order valence-corrected chi connectivity index (χ0v) is 13.1. The van der Waals surface area contributed by atoms with E-state index in [0.29, 0.717) is 18.2 Å². The Balaban J connectivity index is 1.54. The van der Waals surface area contributed by atoms with Crippen molar-refractivity contribution < 1.29 is 4.42 Å². The number of benzene rings is 1. The molecule has 22 heavy (non-hydrogen) atoms. The van der Waals surface area contributed by atoms with Crippen LogP contribution in [0.25, 0.3) is 11.1 Å². The maximum atomic E-state index is 12.0. The molecule has 1 atom stereocenters. The standard InChI is InChI=1S/C17H18N2O2S/c20-17-19(15-4-1-2-6-16(15)21-17)10-9-18-8-3-5-14(18)13-7-11-22-12-13/h1-2,4,6-7,11-12,14H,3,5,8-10H2. The van der Waals surface area contributed by atoms with Gasteiger partial charge in [-0.15, -0.1) is 0 Å². The van der Waals surface area contributed by atoms with Crippen LogP contribution in [0.2, 0.25) is 0 Å². The molecule has 1 aliphatic rings. The molecule has 1 aliphatic heterocycles. The number of likely N-dealkylation sites (tertiary alicyclic amines) is 1.